The first-order valence-electron chi connectivity index (χ1n) is 10.2. The first-order valence-corrected chi connectivity index (χ1v) is 10.2. The quantitative estimate of drug-likeness (QED) is 0.395. The second-order valence-corrected chi connectivity index (χ2v) is 7.22. The Morgan fingerprint density at radius 3 is 2.61 bits per heavy atom. The molecule has 2 aromatic carbocycles. The van der Waals surface area contributed by atoms with Gasteiger partial charge < -0.3 is 22.1 Å². The van der Waals surface area contributed by atoms with Crippen molar-refractivity contribution in [2.24, 2.45) is 11.5 Å². The Hall–Kier alpha value is -4.29. The lowest BCUT2D eigenvalue weighted by Crippen LogP contribution is -2.49. The highest BCUT2D eigenvalue weighted by molar-refractivity contribution is 6.01. The second-order valence-electron chi connectivity index (χ2n) is 7.22. The zero-order chi connectivity index (χ0) is 23.8. The Balaban J connectivity index is 1.91. The number of benzene rings is 2. The summed E-state index contributed by atoms with van der Waals surface area (Å²) < 4.78 is 13.5. The first kappa shape index (κ1) is 23.4. The monoisotopic (exact) mass is 446 g/mol. The summed E-state index contributed by atoms with van der Waals surface area (Å²) in [5.74, 6) is -1.42. The maximum Gasteiger partial charge on any atom is 0.255 e. The summed E-state index contributed by atoms with van der Waals surface area (Å²) in [6, 6.07) is 17.4. The topological polar surface area (TPSA) is 147 Å². The molecule has 0 radical (unpaired) electrons. The smallest absolute Gasteiger partial charge is 0.255 e. The van der Waals surface area contributed by atoms with Crippen molar-refractivity contribution in [3.05, 3.63) is 83.2 Å². The molecular weight excluding hydrogens is 423 g/mol. The third-order valence-electron chi connectivity index (χ3n) is 4.94. The predicted molar refractivity (Wildman–Crippen MR) is 122 cm³/mol. The van der Waals surface area contributed by atoms with Gasteiger partial charge in [0.05, 0.1) is 22.9 Å². The largest absolute Gasteiger partial charge is 0.369 e. The van der Waals surface area contributed by atoms with E-state index in [1.165, 1.54) is 12.1 Å². The van der Waals surface area contributed by atoms with Gasteiger partial charge in [0.2, 0.25) is 5.91 Å². The lowest BCUT2D eigenvalue weighted by atomic mass is 10.0. The lowest BCUT2D eigenvalue weighted by Gasteiger charge is -2.16. The van der Waals surface area contributed by atoms with Crippen LogP contribution in [-0.2, 0) is 11.2 Å². The number of nitrogens with one attached hydrogen (secondary N) is 2. The van der Waals surface area contributed by atoms with Crippen LogP contribution in [0.4, 0.5) is 10.2 Å². The summed E-state index contributed by atoms with van der Waals surface area (Å²) in [6.07, 6.45) is 0.478. The van der Waals surface area contributed by atoms with Crippen molar-refractivity contribution in [1.29, 1.82) is 5.26 Å². The third-order valence-corrected chi connectivity index (χ3v) is 4.94. The first-order chi connectivity index (χ1) is 15.9. The standard InChI is InChI=1S/C24H23FN6O2/c25-17-6-3-4-15(12-17)10-11-29-23-19(24(33)31-21(14-27)22(28)32)8-9-20(30-23)18-7-2-1-5-16(18)13-26/h1-9,12,21H,10-11,14,27H2,(H2,28,32)(H,29,30)(H,31,33)/t21-/m0/s1. The van der Waals surface area contributed by atoms with Crippen molar-refractivity contribution in [2.45, 2.75) is 12.5 Å². The van der Waals surface area contributed by atoms with Crippen LogP contribution in [0.2, 0.25) is 0 Å². The molecular formula is C24H23FN6O2. The summed E-state index contributed by atoms with van der Waals surface area (Å²) in [6.45, 7) is 0.209. The van der Waals surface area contributed by atoms with E-state index in [2.05, 4.69) is 21.7 Å². The number of anilines is 1. The zero-order valence-corrected chi connectivity index (χ0v) is 17.7. The van der Waals surface area contributed by atoms with E-state index in [-0.39, 0.29) is 23.7 Å². The number of aromatic nitrogens is 1. The van der Waals surface area contributed by atoms with Gasteiger partial charge in [-0.2, -0.15) is 5.26 Å². The van der Waals surface area contributed by atoms with Gasteiger partial charge >= 0.3 is 0 Å². The van der Waals surface area contributed by atoms with Crippen LogP contribution in [0.3, 0.4) is 0 Å². The predicted octanol–water partition coefficient (Wildman–Crippen LogP) is 1.96. The van der Waals surface area contributed by atoms with E-state index in [1.807, 2.05) is 0 Å². The molecule has 1 heterocycles. The van der Waals surface area contributed by atoms with Gasteiger partial charge in [-0.15, -0.1) is 0 Å². The minimum absolute atomic E-state index is 0.148. The molecule has 0 bridgehead atoms. The number of carbonyl (C=O) groups excluding carboxylic acids is 2. The maximum absolute atomic E-state index is 13.5. The lowest BCUT2D eigenvalue weighted by molar-refractivity contribution is -0.119. The van der Waals surface area contributed by atoms with Gasteiger partial charge in [0.1, 0.15) is 17.7 Å². The molecule has 1 aromatic heterocycles. The number of carbonyl (C=O) groups is 2. The van der Waals surface area contributed by atoms with E-state index in [4.69, 9.17) is 11.5 Å². The molecule has 0 unspecified atom stereocenters. The molecule has 3 aromatic rings. The van der Waals surface area contributed by atoms with Gasteiger partial charge in [-0.05, 0) is 42.3 Å². The van der Waals surface area contributed by atoms with Crippen LogP contribution in [0.5, 0.6) is 0 Å². The summed E-state index contributed by atoms with van der Waals surface area (Å²) in [7, 11) is 0. The van der Waals surface area contributed by atoms with Gasteiger partial charge in [-0.3, -0.25) is 9.59 Å². The van der Waals surface area contributed by atoms with Gasteiger partial charge in [-0.1, -0.05) is 30.3 Å². The average molecular weight is 446 g/mol. The highest BCUT2D eigenvalue weighted by Gasteiger charge is 2.21. The van der Waals surface area contributed by atoms with Gasteiger partial charge in [0.15, 0.2) is 0 Å². The zero-order valence-electron chi connectivity index (χ0n) is 17.7. The van der Waals surface area contributed by atoms with E-state index < -0.39 is 17.9 Å². The van der Waals surface area contributed by atoms with E-state index in [0.29, 0.717) is 29.8 Å². The van der Waals surface area contributed by atoms with Gasteiger partial charge in [0, 0.05) is 18.7 Å². The Morgan fingerprint density at radius 1 is 1.12 bits per heavy atom. The number of pyridine rings is 1. The Labute approximate surface area is 190 Å². The fourth-order valence-electron chi connectivity index (χ4n) is 3.23. The number of nitriles is 1. The fourth-order valence-corrected chi connectivity index (χ4v) is 3.23. The number of nitrogens with two attached hydrogens (primary N) is 2. The number of hydrogen-bond donors (Lipinski definition) is 4. The van der Waals surface area contributed by atoms with E-state index >= 15 is 0 Å². The molecule has 0 spiro atoms. The van der Waals surface area contributed by atoms with Crippen molar-refractivity contribution < 1.29 is 14.0 Å². The number of halogens is 1. The van der Waals surface area contributed by atoms with Gasteiger partial charge in [-0.25, -0.2) is 9.37 Å². The molecule has 0 aliphatic heterocycles. The fraction of sp³-hybridized carbons (Fsp3) is 0.167. The molecule has 168 valence electrons. The Bertz CT molecular complexity index is 1210. The van der Waals surface area contributed by atoms with Crippen molar-refractivity contribution in [3.8, 4) is 17.3 Å². The number of primary amides is 1. The van der Waals surface area contributed by atoms with Crippen molar-refractivity contribution in [2.75, 3.05) is 18.4 Å². The van der Waals surface area contributed by atoms with E-state index in [1.54, 1.807) is 48.5 Å². The molecule has 8 nitrogen and oxygen atoms in total. The van der Waals surface area contributed by atoms with Crippen LogP contribution < -0.4 is 22.1 Å². The summed E-state index contributed by atoms with van der Waals surface area (Å²) in [4.78, 5) is 28.9. The second kappa shape index (κ2) is 10.8. The molecule has 9 heteroatoms. The van der Waals surface area contributed by atoms with Crippen LogP contribution in [-0.4, -0.2) is 35.9 Å². The maximum atomic E-state index is 13.5. The minimum Gasteiger partial charge on any atom is -0.369 e. The normalized spacial score (nSPS) is 11.3. The number of nitrogens with zero attached hydrogens (tertiary/aromatic N) is 2. The van der Waals surface area contributed by atoms with Crippen molar-refractivity contribution >= 4 is 17.6 Å². The molecule has 0 saturated heterocycles. The van der Waals surface area contributed by atoms with Gasteiger partial charge in [0.25, 0.3) is 5.91 Å². The van der Waals surface area contributed by atoms with Crippen LogP contribution in [0.1, 0.15) is 21.5 Å². The summed E-state index contributed by atoms with van der Waals surface area (Å²) >= 11 is 0. The molecule has 0 fully saturated rings. The third kappa shape index (κ3) is 5.90. The van der Waals surface area contributed by atoms with Crippen LogP contribution in [0, 0.1) is 17.1 Å². The summed E-state index contributed by atoms with van der Waals surface area (Å²) in [5.41, 5.74) is 13.3. The number of rotatable bonds is 9. The van der Waals surface area contributed by atoms with Crippen LogP contribution in [0.25, 0.3) is 11.3 Å². The van der Waals surface area contributed by atoms with E-state index in [0.717, 1.165) is 5.56 Å². The molecule has 0 saturated carbocycles. The Morgan fingerprint density at radius 2 is 1.91 bits per heavy atom. The number of amides is 2. The molecule has 0 aliphatic rings. The van der Waals surface area contributed by atoms with Crippen molar-refractivity contribution in [1.82, 2.24) is 10.3 Å². The molecule has 33 heavy (non-hydrogen) atoms. The number of hydrogen-bond acceptors (Lipinski definition) is 6. The minimum atomic E-state index is -1.03. The molecule has 0 aliphatic carbocycles. The summed E-state index contributed by atoms with van der Waals surface area (Å²) in [5, 5.41) is 15.0. The highest BCUT2D eigenvalue weighted by atomic mass is 19.1. The average Bonchev–Trinajstić information content (AvgIpc) is 2.82. The van der Waals surface area contributed by atoms with Crippen LogP contribution >= 0.6 is 0 Å². The highest BCUT2D eigenvalue weighted by Crippen LogP contribution is 2.25. The van der Waals surface area contributed by atoms with E-state index in [9.17, 15) is 19.2 Å². The molecule has 2 amide bonds. The molecule has 1 atom stereocenters. The SMILES string of the molecule is N#Cc1ccccc1-c1ccc(C(=O)N[C@@H](CN)C(N)=O)c(NCCc2cccc(F)c2)n1. The Kier molecular flexibility index (Phi) is 7.68. The van der Waals surface area contributed by atoms with Crippen LogP contribution in [0.15, 0.2) is 60.7 Å². The van der Waals surface area contributed by atoms with Crippen molar-refractivity contribution in [3.63, 3.8) is 0 Å². The molecule has 3 rings (SSSR count). The molecule has 6 N–H and O–H groups in total.